The largest absolute Gasteiger partial charge is 0.350 e. The molecule has 2 amide bonds. The Morgan fingerprint density at radius 1 is 0.950 bits per heavy atom. The van der Waals surface area contributed by atoms with Gasteiger partial charge < -0.3 is 10.2 Å². The van der Waals surface area contributed by atoms with Crippen molar-refractivity contribution in [2.24, 2.45) is 0 Å². The molecule has 3 aromatic carbocycles. The molecule has 0 saturated carbocycles. The van der Waals surface area contributed by atoms with Crippen LogP contribution < -0.4 is 9.62 Å². The molecule has 0 aromatic heterocycles. The zero-order valence-corrected chi connectivity index (χ0v) is 25.0. The molecular formula is C29H32Cl2FN3O4S. The van der Waals surface area contributed by atoms with Gasteiger partial charge in [-0.3, -0.25) is 13.9 Å². The highest BCUT2D eigenvalue weighted by atomic mass is 35.5. The summed E-state index contributed by atoms with van der Waals surface area (Å²) in [6.07, 6.45) is 1.08. The van der Waals surface area contributed by atoms with E-state index in [1.807, 2.05) is 51.1 Å². The number of sulfonamides is 1. The van der Waals surface area contributed by atoms with Gasteiger partial charge in [-0.05, 0) is 50.6 Å². The Morgan fingerprint density at radius 2 is 1.57 bits per heavy atom. The lowest BCUT2D eigenvalue weighted by molar-refractivity contribution is -0.140. The Hall–Kier alpha value is -3.14. The number of anilines is 1. The third-order valence-corrected chi connectivity index (χ3v) is 7.82. The Morgan fingerprint density at radius 3 is 2.15 bits per heavy atom. The van der Waals surface area contributed by atoms with Gasteiger partial charge in [0, 0.05) is 24.1 Å². The second-order valence-corrected chi connectivity index (χ2v) is 13.1. The van der Waals surface area contributed by atoms with Crippen LogP contribution in [0.2, 0.25) is 10.0 Å². The fraction of sp³-hybridized carbons (Fsp3) is 0.310. The molecule has 0 fully saturated rings. The quantitative estimate of drug-likeness (QED) is 0.332. The van der Waals surface area contributed by atoms with Crippen molar-refractivity contribution in [3.05, 3.63) is 99.8 Å². The summed E-state index contributed by atoms with van der Waals surface area (Å²) >= 11 is 12.1. The predicted octanol–water partition coefficient (Wildman–Crippen LogP) is 5.45. The van der Waals surface area contributed by atoms with E-state index in [-0.39, 0.29) is 34.3 Å². The summed E-state index contributed by atoms with van der Waals surface area (Å²) < 4.78 is 41.3. The van der Waals surface area contributed by atoms with Crippen LogP contribution in [0, 0.1) is 5.82 Å². The van der Waals surface area contributed by atoms with Crippen LogP contribution in [0.5, 0.6) is 0 Å². The fourth-order valence-electron chi connectivity index (χ4n) is 4.07. The molecule has 0 spiro atoms. The molecule has 0 radical (unpaired) electrons. The topological polar surface area (TPSA) is 86.8 Å². The molecule has 0 aliphatic heterocycles. The summed E-state index contributed by atoms with van der Waals surface area (Å²) in [5.74, 6) is -1.72. The number of halogens is 3. The van der Waals surface area contributed by atoms with E-state index in [4.69, 9.17) is 23.2 Å². The van der Waals surface area contributed by atoms with Crippen LogP contribution in [-0.2, 0) is 32.6 Å². The van der Waals surface area contributed by atoms with Crippen LogP contribution in [0.15, 0.2) is 72.8 Å². The Kier molecular flexibility index (Phi) is 10.2. The Balaban J connectivity index is 2.10. The maximum absolute atomic E-state index is 14.8. The maximum Gasteiger partial charge on any atom is 0.244 e. The molecule has 0 bridgehead atoms. The number of hydrogen-bond donors (Lipinski definition) is 1. The molecular weight excluding hydrogens is 576 g/mol. The maximum atomic E-state index is 14.8. The van der Waals surface area contributed by atoms with Gasteiger partial charge in [0.05, 0.1) is 22.0 Å². The Bertz CT molecular complexity index is 1460. The molecule has 1 atom stereocenters. The van der Waals surface area contributed by atoms with E-state index in [1.165, 1.54) is 41.3 Å². The van der Waals surface area contributed by atoms with E-state index < -0.39 is 45.8 Å². The smallest absolute Gasteiger partial charge is 0.244 e. The third kappa shape index (κ3) is 8.68. The molecule has 3 aromatic rings. The second-order valence-electron chi connectivity index (χ2n) is 10.4. The summed E-state index contributed by atoms with van der Waals surface area (Å²) in [5.41, 5.74) is 0.442. The van der Waals surface area contributed by atoms with Crippen molar-refractivity contribution in [1.82, 2.24) is 10.2 Å². The lowest BCUT2D eigenvalue weighted by atomic mass is 10.0. The first-order valence-electron chi connectivity index (χ1n) is 12.5. The van der Waals surface area contributed by atoms with Crippen LogP contribution in [0.1, 0.15) is 31.9 Å². The summed E-state index contributed by atoms with van der Waals surface area (Å²) in [6, 6.07) is 18.1. The number of nitrogens with zero attached hydrogens (tertiary/aromatic N) is 2. The number of nitrogens with one attached hydrogen (secondary N) is 1. The van der Waals surface area contributed by atoms with Crippen LogP contribution in [0.3, 0.4) is 0 Å². The van der Waals surface area contributed by atoms with Gasteiger partial charge in [0.15, 0.2) is 0 Å². The number of carbonyl (C=O) groups is 2. The molecule has 3 rings (SSSR count). The number of benzene rings is 3. The van der Waals surface area contributed by atoms with Gasteiger partial charge in [-0.1, -0.05) is 71.7 Å². The number of amides is 2. The van der Waals surface area contributed by atoms with Crippen molar-refractivity contribution in [1.29, 1.82) is 0 Å². The van der Waals surface area contributed by atoms with E-state index in [0.717, 1.165) is 16.1 Å². The molecule has 1 N–H and O–H groups in total. The summed E-state index contributed by atoms with van der Waals surface area (Å²) in [4.78, 5) is 28.9. The fourth-order valence-corrected chi connectivity index (χ4v) is 5.20. The number of carbonyl (C=O) groups excluding carboxylic acids is 2. The first-order valence-corrected chi connectivity index (χ1v) is 15.1. The van der Waals surface area contributed by atoms with E-state index in [0.29, 0.717) is 0 Å². The van der Waals surface area contributed by atoms with Gasteiger partial charge in [0.25, 0.3) is 0 Å². The van der Waals surface area contributed by atoms with Crippen molar-refractivity contribution in [3.63, 3.8) is 0 Å². The SMILES string of the molecule is CC(C)(C)NC(=O)C(Cc1ccccc1)N(Cc1ccccc1F)C(=O)CN(c1ccc(Cl)c(Cl)c1)S(C)(=O)=O. The first kappa shape index (κ1) is 31.4. The van der Waals surface area contributed by atoms with Gasteiger partial charge in [0.1, 0.15) is 18.4 Å². The zero-order valence-electron chi connectivity index (χ0n) is 22.7. The van der Waals surface area contributed by atoms with E-state index in [9.17, 15) is 22.4 Å². The van der Waals surface area contributed by atoms with Crippen LogP contribution in [0.4, 0.5) is 10.1 Å². The first-order chi connectivity index (χ1) is 18.7. The van der Waals surface area contributed by atoms with Crippen molar-refractivity contribution in [3.8, 4) is 0 Å². The predicted molar refractivity (Wildman–Crippen MR) is 157 cm³/mol. The number of rotatable bonds is 10. The molecule has 0 saturated heterocycles. The van der Waals surface area contributed by atoms with Crippen molar-refractivity contribution in [2.75, 3.05) is 17.1 Å². The van der Waals surface area contributed by atoms with E-state index in [1.54, 1.807) is 6.07 Å². The van der Waals surface area contributed by atoms with Crippen molar-refractivity contribution in [2.45, 2.75) is 45.3 Å². The molecule has 214 valence electrons. The molecule has 40 heavy (non-hydrogen) atoms. The molecule has 0 aliphatic rings. The molecule has 11 heteroatoms. The molecule has 1 unspecified atom stereocenters. The summed E-state index contributed by atoms with van der Waals surface area (Å²) in [7, 11) is -3.98. The monoisotopic (exact) mass is 607 g/mol. The average Bonchev–Trinajstić information content (AvgIpc) is 2.86. The number of hydrogen-bond acceptors (Lipinski definition) is 4. The van der Waals surface area contributed by atoms with E-state index >= 15 is 0 Å². The van der Waals surface area contributed by atoms with Gasteiger partial charge in [-0.25, -0.2) is 12.8 Å². The minimum atomic E-state index is -3.98. The highest BCUT2D eigenvalue weighted by Gasteiger charge is 2.34. The minimum Gasteiger partial charge on any atom is -0.350 e. The normalized spacial score (nSPS) is 12.5. The van der Waals surface area contributed by atoms with Crippen molar-refractivity contribution >= 4 is 50.7 Å². The Labute approximate surface area is 244 Å². The van der Waals surface area contributed by atoms with Gasteiger partial charge in [0.2, 0.25) is 21.8 Å². The summed E-state index contributed by atoms with van der Waals surface area (Å²) in [6.45, 7) is 4.51. The minimum absolute atomic E-state index is 0.106. The highest BCUT2D eigenvalue weighted by molar-refractivity contribution is 7.92. The zero-order chi connectivity index (χ0) is 29.7. The second kappa shape index (κ2) is 13.0. The van der Waals surface area contributed by atoms with Crippen molar-refractivity contribution < 1.29 is 22.4 Å². The highest BCUT2D eigenvalue weighted by Crippen LogP contribution is 2.29. The van der Waals surface area contributed by atoms with Crippen LogP contribution >= 0.6 is 23.2 Å². The lowest BCUT2D eigenvalue weighted by Gasteiger charge is -2.35. The lowest BCUT2D eigenvalue weighted by Crippen LogP contribution is -2.56. The van der Waals surface area contributed by atoms with Crippen LogP contribution in [-0.4, -0.2) is 49.5 Å². The van der Waals surface area contributed by atoms with Gasteiger partial charge in [-0.15, -0.1) is 0 Å². The summed E-state index contributed by atoms with van der Waals surface area (Å²) in [5, 5.41) is 3.24. The van der Waals surface area contributed by atoms with Gasteiger partial charge >= 0.3 is 0 Å². The molecule has 7 nitrogen and oxygen atoms in total. The standard InChI is InChI=1S/C29H32Cl2FN3O4S/c1-29(2,3)33-28(37)26(16-20-10-6-5-7-11-20)34(18-21-12-8-9-13-25(21)32)27(36)19-35(40(4,38)39)22-14-15-23(30)24(31)17-22/h5-15,17,26H,16,18-19H2,1-4H3,(H,33,37). The van der Waals surface area contributed by atoms with E-state index in [2.05, 4.69) is 5.32 Å². The third-order valence-electron chi connectivity index (χ3n) is 5.94. The van der Waals surface area contributed by atoms with Gasteiger partial charge in [-0.2, -0.15) is 0 Å². The van der Waals surface area contributed by atoms with Crippen LogP contribution in [0.25, 0.3) is 0 Å². The molecule has 0 heterocycles. The average molecular weight is 609 g/mol. The molecule has 0 aliphatic carbocycles.